The molecule has 0 unspecified atom stereocenters. The molecule has 0 atom stereocenters. The molecule has 0 aromatic carbocycles. The molecule has 1 aliphatic heterocycles. The van der Waals surface area contributed by atoms with Gasteiger partial charge in [0, 0.05) is 25.6 Å². The van der Waals surface area contributed by atoms with Crippen LogP contribution < -0.4 is 5.32 Å². The third kappa shape index (κ3) is 6.32. The molecule has 1 rings (SSSR count). The number of rotatable bonds is 8. The highest BCUT2D eigenvalue weighted by Gasteiger charge is 2.30. The van der Waals surface area contributed by atoms with E-state index in [4.69, 9.17) is 0 Å². The third-order valence-electron chi connectivity index (χ3n) is 3.76. The van der Waals surface area contributed by atoms with Crippen LogP contribution in [0.15, 0.2) is 0 Å². The van der Waals surface area contributed by atoms with Gasteiger partial charge < -0.3 is 10.2 Å². The average molecular weight is 319 g/mol. The number of sulfonamides is 1. The first-order chi connectivity index (χ1) is 9.86. The monoisotopic (exact) mass is 319 g/mol. The predicted octanol–water partition coefficient (Wildman–Crippen LogP) is 0.506. The molecule has 0 saturated carbocycles. The summed E-state index contributed by atoms with van der Waals surface area (Å²) in [5.74, 6) is 0.229. The van der Waals surface area contributed by atoms with E-state index in [9.17, 15) is 13.2 Å². The molecule has 0 bridgehead atoms. The minimum absolute atomic E-state index is 0.0440. The molecule has 0 aliphatic carbocycles. The second-order valence-electron chi connectivity index (χ2n) is 5.94. The summed E-state index contributed by atoms with van der Waals surface area (Å²) in [6.45, 7) is 4.45. The Bertz CT molecular complexity index is 415. The van der Waals surface area contributed by atoms with Gasteiger partial charge in [-0.1, -0.05) is 6.92 Å². The molecule has 1 heterocycles. The molecule has 124 valence electrons. The van der Waals surface area contributed by atoms with Crippen LogP contribution in [0.2, 0.25) is 0 Å². The summed E-state index contributed by atoms with van der Waals surface area (Å²) in [4.78, 5) is 14.1. The van der Waals surface area contributed by atoms with Gasteiger partial charge in [0.25, 0.3) is 0 Å². The number of piperidine rings is 1. The van der Waals surface area contributed by atoms with E-state index in [-0.39, 0.29) is 17.6 Å². The molecule has 1 N–H and O–H groups in total. The molecule has 21 heavy (non-hydrogen) atoms. The zero-order valence-electron chi connectivity index (χ0n) is 13.5. The van der Waals surface area contributed by atoms with Crippen molar-refractivity contribution in [3.8, 4) is 0 Å². The minimum atomic E-state index is -3.12. The van der Waals surface area contributed by atoms with Crippen LogP contribution in [-0.2, 0) is 14.8 Å². The molecule has 7 heteroatoms. The smallest absolute Gasteiger partial charge is 0.223 e. The lowest BCUT2D eigenvalue weighted by atomic mass is 9.97. The number of hydrogen-bond acceptors (Lipinski definition) is 4. The quantitative estimate of drug-likeness (QED) is 0.662. The van der Waals surface area contributed by atoms with Gasteiger partial charge in [-0.2, -0.15) is 0 Å². The van der Waals surface area contributed by atoms with E-state index in [0.717, 1.165) is 13.0 Å². The number of carbonyl (C=O) groups is 1. The van der Waals surface area contributed by atoms with Crippen molar-refractivity contribution in [1.29, 1.82) is 0 Å². The first kappa shape index (κ1) is 18.4. The second kappa shape index (κ2) is 8.70. The van der Waals surface area contributed by atoms with Crippen molar-refractivity contribution in [2.45, 2.75) is 32.6 Å². The molecule has 1 fully saturated rings. The Kier molecular flexibility index (Phi) is 7.62. The lowest BCUT2D eigenvalue weighted by Gasteiger charge is -2.30. The van der Waals surface area contributed by atoms with Crippen molar-refractivity contribution in [2.75, 3.05) is 46.0 Å². The summed E-state index contributed by atoms with van der Waals surface area (Å²) < 4.78 is 25.4. The predicted molar refractivity (Wildman–Crippen MR) is 84.6 cm³/mol. The van der Waals surface area contributed by atoms with Crippen molar-refractivity contribution < 1.29 is 13.2 Å². The van der Waals surface area contributed by atoms with E-state index in [1.54, 1.807) is 0 Å². The molecular weight excluding hydrogens is 290 g/mol. The van der Waals surface area contributed by atoms with Crippen LogP contribution in [0.1, 0.15) is 32.6 Å². The molecule has 1 amide bonds. The van der Waals surface area contributed by atoms with Crippen LogP contribution >= 0.6 is 0 Å². The van der Waals surface area contributed by atoms with E-state index in [1.807, 2.05) is 21.0 Å². The van der Waals surface area contributed by atoms with Crippen LogP contribution in [0, 0.1) is 5.92 Å². The minimum Gasteiger partial charge on any atom is -0.356 e. The largest absolute Gasteiger partial charge is 0.356 e. The maximum Gasteiger partial charge on any atom is 0.223 e. The van der Waals surface area contributed by atoms with Gasteiger partial charge in [0.15, 0.2) is 0 Å². The van der Waals surface area contributed by atoms with Gasteiger partial charge >= 0.3 is 0 Å². The van der Waals surface area contributed by atoms with Gasteiger partial charge in [-0.15, -0.1) is 0 Å². The number of hydrogen-bond donors (Lipinski definition) is 1. The van der Waals surface area contributed by atoms with Crippen molar-refractivity contribution in [2.24, 2.45) is 5.92 Å². The summed E-state index contributed by atoms with van der Waals surface area (Å²) in [7, 11) is 0.900. The Morgan fingerprint density at radius 2 is 1.90 bits per heavy atom. The Morgan fingerprint density at radius 1 is 1.29 bits per heavy atom. The molecule has 0 aromatic rings. The van der Waals surface area contributed by atoms with Crippen LogP contribution in [0.3, 0.4) is 0 Å². The number of nitrogens with one attached hydrogen (secondary N) is 1. The molecule has 1 saturated heterocycles. The van der Waals surface area contributed by atoms with Gasteiger partial charge in [0.2, 0.25) is 15.9 Å². The molecule has 6 nitrogen and oxygen atoms in total. The Hall–Kier alpha value is -0.660. The molecular formula is C14H29N3O3S. The Morgan fingerprint density at radius 3 is 2.43 bits per heavy atom. The average Bonchev–Trinajstić information content (AvgIpc) is 2.43. The maximum atomic E-state index is 12.0. The topological polar surface area (TPSA) is 69.7 Å². The molecule has 0 aromatic heterocycles. The summed E-state index contributed by atoms with van der Waals surface area (Å²) >= 11 is 0. The number of nitrogens with zero attached hydrogens (tertiary/aromatic N) is 2. The standard InChI is InChI=1S/C14H29N3O3S/c1-4-12-21(19,20)17-10-6-13(7-11-17)14(18)15-8-5-9-16(2)3/h13H,4-12H2,1-3H3,(H,15,18). The number of carbonyl (C=O) groups excluding carboxylic acids is 1. The highest BCUT2D eigenvalue weighted by molar-refractivity contribution is 7.89. The van der Waals surface area contributed by atoms with Gasteiger partial charge in [-0.25, -0.2) is 12.7 Å². The Balaban J connectivity index is 2.30. The second-order valence-corrected chi connectivity index (χ2v) is 8.03. The fraction of sp³-hybridized carbons (Fsp3) is 0.929. The fourth-order valence-corrected chi connectivity index (χ4v) is 4.08. The zero-order valence-corrected chi connectivity index (χ0v) is 14.3. The maximum absolute atomic E-state index is 12.0. The normalized spacial score (nSPS) is 18.1. The summed E-state index contributed by atoms with van der Waals surface area (Å²) in [6, 6.07) is 0. The van der Waals surface area contributed by atoms with E-state index in [0.29, 0.717) is 38.9 Å². The van der Waals surface area contributed by atoms with E-state index < -0.39 is 10.0 Å². The van der Waals surface area contributed by atoms with E-state index >= 15 is 0 Å². The lowest BCUT2D eigenvalue weighted by molar-refractivity contribution is -0.126. The van der Waals surface area contributed by atoms with Crippen molar-refractivity contribution >= 4 is 15.9 Å². The van der Waals surface area contributed by atoms with Crippen LogP contribution in [0.4, 0.5) is 0 Å². The van der Waals surface area contributed by atoms with Gasteiger partial charge in [-0.05, 0) is 46.3 Å². The van der Waals surface area contributed by atoms with Crippen molar-refractivity contribution in [3.63, 3.8) is 0 Å². The molecule has 0 radical (unpaired) electrons. The van der Waals surface area contributed by atoms with Crippen LogP contribution in [-0.4, -0.2) is 69.6 Å². The molecule has 1 aliphatic rings. The van der Waals surface area contributed by atoms with E-state index in [1.165, 1.54) is 4.31 Å². The van der Waals surface area contributed by atoms with Crippen LogP contribution in [0.5, 0.6) is 0 Å². The van der Waals surface area contributed by atoms with Gasteiger partial charge in [-0.3, -0.25) is 4.79 Å². The first-order valence-electron chi connectivity index (χ1n) is 7.77. The fourth-order valence-electron chi connectivity index (χ4n) is 2.53. The Labute approximate surface area is 128 Å². The first-order valence-corrected chi connectivity index (χ1v) is 9.38. The summed E-state index contributed by atoms with van der Waals surface area (Å²) in [5, 5.41) is 2.95. The van der Waals surface area contributed by atoms with Gasteiger partial charge in [0.05, 0.1) is 5.75 Å². The highest BCUT2D eigenvalue weighted by Crippen LogP contribution is 2.20. The van der Waals surface area contributed by atoms with E-state index in [2.05, 4.69) is 10.2 Å². The van der Waals surface area contributed by atoms with Gasteiger partial charge in [0.1, 0.15) is 0 Å². The number of amides is 1. The summed E-state index contributed by atoms with van der Waals surface area (Å²) in [5.41, 5.74) is 0. The van der Waals surface area contributed by atoms with Crippen molar-refractivity contribution in [3.05, 3.63) is 0 Å². The van der Waals surface area contributed by atoms with Crippen molar-refractivity contribution in [1.82, 2.24) is 14.5 Å². The lowest BCUT2D eigenvalue weighted by Crippen LogP contribution is -2.44. The SMILES string of the molecule is CCCS(=O)(=O)N1CCC(C(=O)NCCCN(C)C)CC1. The highest BCUT2D eigenvalue weighted by atomic mass is 32.2. The third-order valence-corrected chi connectivity index (χ3v) is 5.84. The molecule has 0 spiro atoms. The zero-order chi connectivity index (χ0) is 15.9. The summed E-state index contributed by atoms with van der Waals surface area (Å²) in [6.07, 6.45) is 2.82. The van der Waals surface area contributed by atoms with Crippen LogP contribution in [0.25, 0.3) is 0 Å².